The highest BCUT2D eigenvalue weighted by Crippen LogP contribution is 2.18. The summed E-state index contributed by atoms with van der Waals surface area (Å²) in [6.45, 7) is 2.85. The predicted octanol–water partition coefficient (Wildman–Crippen LogP) is 4.69. The van der Waals surface area contributed by atoms with Crippen molar-refractivity contribution in [3.8, 4) is 0 Å². The molecule has 0 saturated heterocycles. The van der Waals surface area contributed by atoms with E-state index in [-0.39, 0.29) is 5.91 Å². The molecule has 0 heterocycles. The van der Waals surface area contributed by atoms with Crippen LogP contribution < -0.4 is 5.32 Å². The van der Waals surface area contributed by atoms with Crippen LogP contribution in [-0.4, -0.2) is 12.5 Å². The molecule has 0 aliphatic rings. The van der Waals surface area contributed by atoms with E-state index in [1.54, 1.807) is 0 Å². The number of rotatable bonds is 6. The Kier molecular flexibility index (Phi) is 5.27. The number of hydrogen-bond acceptors (Lipinski definition) is 1. The van der Waals surface area contributed by atoms with Crippen molar-refractivity contribution in [1.82, 2.24) is 5.32 Å². The Labute approximate surface area is 143 Å². The highest BCUT2D eigenvalue weighted by molar-refractivity contribution is 5.85. The molecule has 1 atom stereocenters. The summed E-state index contributed by atoms with van der Waals surface area (Å²) in [5, 5.41) is 5.47. The van der Waals surface area contributed by atoms with Crippen LogP contribution in [0.25, 0.3) is 10.8 Å². The monoisotopic (exact) mass is 317 g/mol. The van der Waals surface area contributed by atoms with Crippen LogP contribution in [0, 0.1) is 0 Å². The van der Waals surface area contributed by atoms with E-state index in [9.17, 15) is 4.79 Å². The van der Waals surface area contributed by atoms with E-state index >= 15 is 0 Å². The van der Waals surface area contributed by atoms with Gasteiger partial charge >= 0.3 is 0 Å². The van der Waals surface area contributed by atoms with Gasteiger partial charge in [-0.1, -0.05) is 79.7 Å². The van der Waals surface area contributed by atoms with E-state index in [2.05, 4.69) is 60.8 Å². The summed E-state index contributed by atoms with van der Waals surface area (Å²) in [7, 11) is 0. The highest BCUT2D eigenvalue weighted by Gasteiger charge is 2.11. The first-order chi connectivity index (χ1) is 11.8. The number of fused-ring (bicyclic) bond motifs is 1. The van der Waals surface area contributed by atoms with Gasteiger partial charge in [0.15, 0.2) is 0 Å². The molecule has 2 heteroatoms. The molecule has 0 spiro atoms. The van der Waals surface area contributed by atoms with Gasteiger partial charge in [0.1, 0.15) is 0 Å². The molecule has 1 N–H and O–H groups in total. The molecule has 3 aromatic rings. The van der Waals surface area contributed by atoms with Gasteiger partial charge in [0.25, 0.3) is 0 Å². The van der Waals surface area contributed by atoms with Crippen LogP contribution in [0.15, 0.2) is 72.8 Å². The van der Waals surface area contributed by atoms with Crippen molar-refractivity contribution in [1.29, 1.82) is 0 Å². The minimum Gasteiger partial charge on any atom is -0.355 e. The molecule has 0 fully saturated rings. The Morgan fingerprint density at radius 2 is 1.62 bits per heavy atom. The average molecular weight is 317 g/mol. The first-order valence-corrected chi connectivity index (χ1v) is 8.55. The lowest BCUT2D eigenvalue weighted by atomic mass is 9.96. The van der Waals surface area contributed by atoms with E-state index in [0.717, 1.165) is 12.0 Å². The predicted molar refractivity (Wildman–Crippen MR) is 100 cm³/mol. The van der Waals surface area contributed by atoms with E-state index in [0.29, 0.717) is 18.9 Å². The van der Waals surface area contributed by atoms with Crippen molar-refractivity contribution in [2.45, 2.75) is 25.7 Å². The molecule has 0 aromatic heterocycles. The summed E-state index contributed by atoms with van der Waals surface area (Å²) in [5.41, 5.74) is 2.34. The molecule has 0 unspecified atom stereocenters. The minimum atomic E-state index is 0.0830. The van der Waals surface area contributed by atoms with Gasteiger partial charge < -0.3 is 5.32 Å². The van der Waals surface area contributed by atoms with Crippen molar-refractivity contribution in [3.63, 3.8) is 0 Å². The molecule has 2 nitrogen and oxygen atoms in total. The van der Waals surface area contributed by atoms with Gasteiger partial charge in [-0.2, -0.15) is 0 Å². The van der Waals surface area contributed by atoms with Gasteiger partial charge in [0.05, 0.1) is 6.42 Å². The summed E-state index contributed by atoms with van der Waals surface area (Å²) in [6.07, 6.45) is 1.44. The summed E-state index contributed by atoms with van der Waals surface area (Å²) < 4.78 is 0. The van der Waals surface area contributed by atoms with Gasteiger partial charge in [-0.25, -0.2) is 0 Å². The van der Waals surface area contributed by atoms with Crippen molar-refractivity contribution in [3.05, 3.63) is 83.9 Å². The largest absolute Gasteiger partial charge is 0.355 e. The first-order valence-electron chi connectivity index (χ1n) is 8.55. The van der Waals surface area contributed by atoms with E-state index in [1.165, 1.54) is 16.3 Å². The summed E-state index contributed by atoms with van der Waals surface area (Å²) in [5.74, 6) is 0.450. The van der Waals surface area contributed by atoms with Crippen molar-refractivity contribution in [2.75, 3.05) is 6.54 Å². The van der Waals surface area contributed by atoms with Crippen molar-refractivity contribution < 1.29 is 4.79 Å². The number of carbonyl (C=O) groups is 1. The molecule has 1 amide bonds. The van der Waals surface area contributed by atoms with Gasteiger partial charge in [-0.05, 0) is 28.3 Å². The molecule has 0 saturated carbocycles. The average Bonchev–Trinajstić information content (AvgIpc) is 2.63. The summed E-state index contributed by atoms with van der Waals surface area (Å²) in [4.78, 5) is 12.3. The molecule has 122 valence electrons. The van der Waals surface area contributed by atoms with Crippen LogP contribution in [0.4, 0.5) is 0 Å². The van der Waals surface area contributed by atoms with Gasteiger partial charge in [-0.15, -0.1) is 0 Å². The van der Waals surface area contributed by atoms with Crippen LogP contribution in [-0.2, 0) is 11.2 Å². The van der Waals surface area contributed by atoms with Crippen LogP contribution in [0.1, 0.15) is 30.4 Å². The molecule has 3 aromatic carbocycles. The third-order valence-corrected chi connectivity index (χ3v) is 4.49. The zero-order chi connectivity index (χ0) is 16.8. The van der Waals surface area contributed by atoms with E-state index in [4.69, 9.17) is 0 Å². The van der Waals surface area contributed by atoms with Gasteiger partial charge in [0.2, 0.25) is 5.91 Å². The Bertz CT molecular complexity index is 810. The van der Waals surface area contributed by atoms with Crippen molar-refractivity contribution >= 4 is 16.7 Å². The maximum atomic E-state index is 12.3. The lowest BCUT2D eigenvalue weighted by Crippen LogP contribution is -2.29. The fourth-order valence-electron chi connectivity index (χ4n) is 3.06. The molecule has 0 aliphatic heterocycles. The Balaban J connectivity index is 1.60. The maximum absolute atomic E-state index is 12.3. The normalized spacial score (nSPS) is 12.0. The van der Waals surface area contributed by atoms with Gasteiger partial charge in [0, 0.05) is 12.5 Å². The molecule has 0 radical (unpaired) electrons. The lowest BCUT2D eigenvalue weighted by Gasteiger charge is -2.16. The second-order valence-electron chi connectivity index (χ2n) is 6.18. The zero-order valence-corrected chi connectivity index (χ0v) is 14.0. The highest BCUT2D eigenvalue weighted by atomic mass is 16.1. The SMILES string of the molecule is CC[C@@H](CNC(=O)Cc1ccc2ccccc2c1)c1ccccc1. The number of hydrogen-bond donors (Lipinski definition) is 1. The van der Waals surface area contributed by atoms with Crippen molar-refractivity contribution in [2.24, 2.45) is 0 Å². The number of benzene rings is 3. The molecular weight excluding hydrogens is 294 g/mol. The third kappa shape index (κ3) is 4.02. The fraction of sp³-hybridized carbons (Fsp3) is 0.227. The standard InChI is InChI=1S/C22H23NO/c1-2-18(19-8-4-3-5-9-19)16-23-22(24)15-17-12-13-20-10-6-7-11-21(20)14-17/h3-14,18H,2,15-16H2,1H3,(H,23,24)/t18-/m0/s1. The lowest BCUT2D eigenvalue weighted by molar-refractivity contribution is -0.120. The van der Waals surface area contributed by atoms with Crippen LogP contribution in [0.3, 0.4) is 0 Å². The third-order valence-electron chi connectivity index (χ3n) is 4.49. The number of nitrogens with one attached hydrogen (secondary N) is 1. The van der Waals surface area contributed by atoms with Crippen LogP contribution in [0.5, 0.6) is 0 Å². The minimum absolute atomic E-state index is 0.0830. The van der Waals surface area contributed by atoms with E-state index in [1.807, 2.05) is 24.3 Å². The second-order valence-corrected chi connectivity index (χ2v) is 6.18. The summed E-state index contributed by atoms with van der Waals surface area (Å²) >= 11 is 0. The Morgan fingerprint density at radius 1 is 0.917 bits per heavy atom. The first kappa shape index (κ1) is 16.3. The van der Waals surface area contributed by atoms with E-state index < -0.39 is 0 Å². The quantitative estimate of drug-likeness (QED) is 0.702. The molecular formula is C22H23NO. The summed E-state index contributed by atoms with van der Waals surface area (Å²) in [6, 6.07) is 24.8. The fourth-order valence-corrected chi connectivity index (χ4v) is 3.06. The topological polar surface area (TPSA) is 29.1 Å². The Hall–Kier alpha value is -2.61. The number of carbonyl (C=O) groups excluding carboxylic acids is 1. The van der Waals surface area contributed by atoms with Crippen LogP contribution in [0.2, 0.25) is 0 Å². The van der Waals surface area contributed by atoms with Gasteiger partial charge in [-0.3, -0.25) is 4.79 Å². The molecule has 3 rings (SSSR count). The Morgan fingerprint density at radius 3 is 2.38 bits per heavy atom. The smallest absolute Gasteiger partial charge is 0.224 e. The maximum Gasteiger partial charge on any atom is 0.224 e. The zero-order valence-electron chi connectivity index (χ0n) is 14.0. The second kappa shape index (κ2) is 7.78. The molecule has 0 bridgehead atoms. The van der Waals surface area contributed by atoms with Crippen LogP contribution >= 0.6 is 0 Å². The molecule has 0 aliphatic carbocycles. The number of amides is 1. The molecule has 24 heavy (non-hydrogen) atoms.